The summed E-state index contributed by atoms with van der Waals surface area (Å²) in [5, 5.41) is 8.50. The van der Waals surface area contributed by atoms with Gasteiger partial charge >= 0.3 is 0 Å². The van der Waals surface area contributed by atoms with E-state index in [0.717, 1.165) is 0 Å². The standard InChI is InChI=1S/C10H21N3O2S/c1-9(2)13(8-6-7-11)16(14,15)12-10(3,4)5/h9,12H,6,8H2,1-5H3. The first kappa shape index (κ1) is 15.4. The highest BCUT2D eigenvalue weighted by Gasteiger charge is 2.28. The first-order valence-electron chi connectivity index (χ1n) is 5.28. The molecule has 0 aromatic rings. The van der Waals surface area contributed by atoms with E-state index in [1.165, 1.54) is 4.31 Å². The first-order valence-corrected chi connectivity index (χ1v) is 6.72. The lowest BCUT2D eigenvalue weighted by Gasteiger charge is -2.29. The van der Waals surface area contributed by atoms with Gasteiger partial charge in [0.1, 0.15) is 0 Å². The van der Waals surface area contributed by atoms with Crippen molar-refractivity contribution in [2.24, 2.45) is 0 Å². The molecule has 16 heavy (non-hydrogen) atoms. The third-order valence-corrected chi connectivity index (χ3v) is 3.86. The van der Waals surface area contributed by atoms with Crippen molar-refractivity contribution in [2.75, 3.05) is 6.54 Å². The van der Waals surface area contributed by atoms with Gasteiger partial charge in [0.15, 0.2) is 0 Å². The van der Waals surface area contributed by atoms with Gasteiger partial charge in [0, 0.05) is 24.5 Å². The number of nitrogens with zero attached hydrogens (tertiary/aromatic N) is 2. The van der Waals surface area contributed by atoms with Crippen molar-refractivity contribution in [1.29, 1.82) is 5.26 Å². The van der Waals surface area contributed by atoms with Crippen LogP contribution in [0.5, 0.6) is 0 Å². The Morgan fingerprint density at radius 2 is 1.88 bits per heavy atom. The van der Waals surface area contributed by atoms with Crippen molar-refractivity contribution in [2.45, 2.75) is 52.6 Å². The van der Waals surface area contributed by atoms with Crippen LogP contribution < -0.4 is 4.72 Å². The molecule has 0 fully saturated rings. The average molecular weight is 247 g/mol. The van der Waals surface area contributed by atoms with Gasteiger partial charge in [0.2, 0.25) is 0 Å². The Hall–Kier alpha value is -0.640. The van der Waals surface area contributed by atoms with Gasteiger partial charge in [-0.15, -0.1) is 0 Å². The summed E-state index contributed by atoms with van der Waals surface area (Å²) < 4.78 is 27.9. The van der Waals surface area contributed by atoms with E-state index in [9.17, 15) is 8.42 Å². The highest BCUT2D eigenvalue weighted by molar-refractivity contribution is 7.87. The number of hydrogen-bond donors (Lipinski definition) is 1. The minimum atomic E-state index is -3.52. The van der Waals surface area contributed by atoms with Crippen molar-refractivity contribution in [3.63, 3.8) is 0 Å². The Morgan fingerprint density at radius 1 is 1.38 bits per heavy atom. The van der Waals surface area contributed by atoms with Crippen molar-refractivity contribution in [3.05, 3.63) is 0 Å². The smallest absolute Gasteiger partial charge is 0.198 e. The quantitative estimate of drug-likeness (QED) is 0.794. The van der Waals surface area contributed by atoms with E-state index < -0.39 is 15.7 Å². The molecular weight excluding hydrogens is 226 g/mol. The Balaban J connectivity index is 4.85. The zero-order valence-electron chi connectivity index (χ0n) is 10.6. The third kappa shape index (κ3) is 5.45. The van der Waals surface area contributed by atoms with Gasteiger partial charge in [-0.25, -0.2) is 0 Å². The maximum Gasteiger partial charge on any atom is 0.280 e. The summed E-state index contributed by atoms with van der Waals surface area (Å²) in [6.45, 7) is 9.16. The zero-order valence-corrected chi connectivity index (χ0v) is 11.4. The lowest BCUT2D eigenvalue weighted by Crippen LogP contribution is -2.51. The van der Waals surface area contributed by atoms with Crippen LogP contribution in [0.15, 0.2) is 0 Å². The number of hydrogen-bond acceptors (Lipinski definition) is 3. The molecule has 94 valence electrons. The van der Waals surface area contributed by atoms with Crippen LogP contribution in [0.4, 0.5) is 0 Å². The summed E-state index contributed by atoms with van der Waals surface area (Å²) in [6, 6.07) is 1.80. The molecule has 0 atom stereocenters. The fourth-order valence-corrected chi connectivity index (χ4v) is 3.04. The van der Waals surface area contributed by atoms with E-state index in [1.54, 1.807) is 34.6 Å². The molecule has 0 aromatic heterocycles. The van der Waals surface area contributed by atoms with Crippen LogP contribution in [0.2, 0.25) is 0 Å². The number of nitriles is 1. The van der Waals surface area contributed by atoms with E-state index in [-0.39, 0.29) is 19.0 Å². The summed E-state index contributed by atoms with van der Waals surface area (Å²) in [5.74, 6) is 0. The van der Waals surface area contributed by atoms with Crippen LogP contribution >= 0.6 is 0 Å². The molecular formula is C10H21N3O2S. The van der Waals surface area contributed by atoms with Crippen LogP contribution in [-0.4, -0.2) is 30.8 Å². The van der Waals surface area contributed by atoms with E-state index in [1.807, 2.05) is 6.07 Å². The topological polar surface area (TPSA) is 73.2 Å². The molecule has 0 rings (SSSR count). The van der Waals surface area contributed by atoms with Gasteiger partial charge in [0.25, 0.3) is 10.2 Å². The zero-order chi connectivity index (χ0) is 13.0. The largest absolute Gasteiger partial charge is 0.280 e. The first-order chi connectivity index (χ1) is 7.10. The minimum Gasteiger partial charge on any atom is -0.198 e. The van der Waals surface area contributed by atoms with Crippen molar-refractivity contribution in [1.82, 2.24) is 9.03 Å². The Morgan fingerprint density at radius 3 is 2.19 bits per heavy atom. The molecule has 0 bridgehead atoms. The van der Waals surface area contributed by atoms with Crippen LogP contribution in [-0.2, 0) is 10.2 Å². The minimum absolute atomic E-state index is 0.159. The number of nitrogens with one attached hydrogen (secondary N) is 1. The number of rotatable bonds is 5. The van der Waals surface area contributed by atoms with Crippen LogP contribution in [0.1, 0.15) is 41.0 Å². The maximum absolute atomic E-state index is 12.0. The molecule has 0 saturated heterocycles. The second kappa shape index (κ2) is 5.62. The van der Waals surface area contributed by atoms with Gasteiger partial charge < -0.3 is 0 Å². The summed E-state index contributed by atoms with van der Waals surface area (Å²) in [4.78, 5) is 0. The molecule has 0 aromatic carbocycles. The van der Waals surface area contributed by atoms with Gasteiger partial charge in [-0.3, -0.25) is 0 Å². The van der Waals surface area contributed by atoms with Crippen LogP contribution in [0.25, 0.3) is 0 Å². The predicted molar refractivity (Wildman–Crippen MR) is 63.9 cm³/mol. The molecule has 0 aliphatic heterocycles. The maximum atomic E-state index is 12.0. The molecule has 5 nitrogen and oxygen atoms in total. The molecule has 0 spiro atoms. The van der Waals surface area contributed by atoms with Crippen LogP contribution in [0.3, 0.4) is 0 Å². The Labute approximate surface area is 98.6 Å². The average Bonchev–Trinajstić information content (AvgIpc) is 1.98. The molecule has 0 aliphatic rings. The molecule has 0 radical (unpaired) electrons. The lowest BCUT2D eigenvalue weighted by atomic mass is 10.1. The van der Waals surface area contributed by atoms with E-state index in [0.29, 0.717) is 0 Å². The molecule has 1 N–H and O–H groups in total. The van der Waals surface area contributed by atoms with Crippen LogP contribution in [0, 0.1) is 11.3 Å². The Bertz CT molecular complexity index is 349. The van der Waals surface area contributed by atoms with E-state index in [2.05, 4.69) is 4.72 Å². The van der Waals surface area contributed by atoms with Gasteiger partial charge in [-0.1, -0.05) is 0 Å². The SMILES string of the molecule is CC(C)N(CCC#N)S(=O)(=O)NC(C)(C)C. The lowest BCUT2D eigenvalue weighted by molar-refractivity contribution is 0.343. The Kier molecular flexibility index (Phi) is 5.39. The summed E-state index contributed by atoms with van der Waals surface area (Å²) in [6.07, 6.45) is 0.198. The van der Waals surface area contributed by atoms with Gasteiger partial charge in [0.05, 0.1) is 6.07 Å². The second-order valence-corrected chi connectivity index (χ2v) is 6.59. The fourth-order valence-electron chi connectivity index (χ4n) is 1.26. The summed E-state index contributed by atoms with van der Waals surface area (Å²) in [5.41, 5.74) is -0.515. The predicted octanol–water partition coefficient (Wildman–Crippen LogP) is 1.24. The normalized spacial score (nSPS) is 13.1. The molecule has 0 unspecified atom stereocenters. The fraction of sp³-hybridized carbons (Fsp3) is 0.900. The summed E-state index contributed by atoms with van der Waals surface area (Å²) in [7, 11) is -3.52. The molecule has 0 saturated carbocycles. The molecule has 0 aliphatic carbocycles. The van der Waals surface area contributed by atoms with Crippen molar-refractivity contribution >= 4 is 10.2 Å². The molecule has 0 amide bonds. The molecule has 6 heteroatoms. The second-order valence-electron chi connectivity index (χ2n) is 4.97. The third-order valence-electron chi connectivity index (χ3n) is 1.76. The van der Waals surface area contributed by atoms with Crippen molar-refractivity contribution < 1.29 is 8.42 Å². The highest BCUT2D eigenvalue weighted by atomic mass is 32.2. The van der Waals surface area contributed by atoms with Gasteiger partial charge in [-0.05, 0) is 34.6 Å². The van der Waals surface area contributed by atoms with Crippen molar-refractivity contribution in [3.8, 4) is 6.07 Å². The molecule has 0 heterocycles. The highest BCUT2D eigenvalue weighted by Crippen LogP contribution is 2.10. The van der Waals surface area contributed by atoms with E-state index in [4.69, 9.17) is 5.26 Å². The van der Waals surface area contributed by atoms with Gasteiger partial charge in [-0.2, -0.15) is 22.7 Å². The van der Waals surface area contributed by atoms with E-state index >= 15 is 0 Å². The summed E-state index contributed by atoms with van der Waals surface area (Å²) >= 11 is 0. The monoisotopic (exact) mass is 247 g/mol.